The molecular weight excluding hydrogens is 493 g/mol. The molecule has 0 radical (unpaired) electrons. The van der Waals surface area contributed by atoms with Gasteiger partial charge in [0.15, 0.2) is 0 Å². The van der Waals surface area contributed by atoms with Gasteiger partial charge in [-0.1, -0.05) is 12.1 Å². The lowest BCUT2D eigenvalue weighted by Gasteiger charge is -2.29. The van der Waals surface area contributed by atoms with E-state index < -0.39 is 17.6 Å². The van der Waals surface area contributed by atoms with Gasteiger partial charge in [-0.15, -0.1) is 11.3 Å². The Bertz CT molecular complexity index is 1350. The Labute approximate surface area is 208 Å². The van der Waals surface area contributed by atoms with E-state index >= 15 is 0 Å². The topological polar surface area (TPSA) is 83.0 Å². The molecule has 1 aromatic heterocycles. The third-order valence-corrected chi connectivity index (χ3v) is 6.57. The molecule has 2 aliphatic rings. The normalized spacial score (nSPS) is 16.0. The number of thiophene rings is 1. The summed E-state index contributed by atoms with van der Waals surface area (Å²) in [6, 6.07) is 10.1. The Morgan fingerprint density at radius 3 is 2.69 bits per heavy atom. The van der Waals surface area contributed by atoms with Gasteiger partial charge < -0.3 is 20.3 Å². The Balaban J connectivity index is 1.42. The molecule has 5 rings (SSSR count). The molecule has 0 saturated carbocycles. The van der Waals surface area contributed by atoms with Crippen LogP contribution in [0.3, 0.4) is 0 Å². The van der Waals surface area contributed by atoms with E-state index in [9.17, 15) is 22.8 Å². The fourth-order valence-electron chi connectivity index (χ4n) is 4.06. The fraction of sp³-hybridized carbons (Fsp3) is 0.240. The largest absolute Gasteiger partial charge is 0.416 e. The Morgan fingerprint density at radius 2 is 1.92 bits per heavy atom. The van der Waals surface area contributed by atoms with Gasteiger partial charge >= 0.3 is 6.18 Å². The van der Waals surface area contributed by atoms with Gasteiger partial charge in [-0.25, -0.2) is 4.99 Å². The van der Waals surface area contributed by atoms with Crippen LogP contribution in [0.1, 0.15) is 27.9 Å². The number of hydrogen-bond acceptors (Lipinski definition) is 6. The summed E-state index contributed by atoms with van der Waals surface area (Å²) in [6.45, 7) is 1.68. The maximum absolute atomic E-state index is 13.6. The minimum atomic E-state index is -4.60. The van der Waals surface area contributed by atoms with Crippen molar-refractivity contribution in [3.05, 3.63) is 69.9 Å². The van der Waals surface area contributed by atoms with E-state index in [1.807, 2.05) is 5.38 Å². The number of nitrogens with one attached hydrogen (secondary N) is 2. The van der Waals surface area contributed by atoms with Crippen molar-refractivity contribution in [1.82, 2.24) is 0 Å². The van der Waals surface area contributed by atoms with Gasteiger partial charge in [-0.05, 0) is 35.9 Å². The minimum Gasteiger partial charge on any atom is -0.378 e. The molecule has 186 valence electrons. The first-order chi connectivity index (χ1) is 17.3. The van der Waals surface area contributed by atoms with Crippen molar-refractivity contribution in [1.29, 1.82) is 0 Å². The van der Waals surface area contributed by atoms with Gasteiger partial charge in [-0.3, -0.25) is 9.59 Å². The van der Waals surface area contributed by atoms with E-state index in [1.165, 1.54) is 17.4 Å². The van der Waals surface area contributed by atoms with Crippen molar-refractivity contribution in [3.63, 3.8) is 0 Å². The van der Waals surface area contributed by atoms with Gasteiger partial charge in [0, 0.05) is 40.8 Å². The van der Waals surface area contributed by atoms with Crippen LogP contribution < -0.4 is 15.5 Å². The number of rotatable bonds is 4. The Hall–Kier alpha value is -3.70. The summed E-state index contributed by atoms with van der Waals surface area (Å²) in [7, 11) is 0. The van der Waals surface area contributed by atoms with E-state index in [4.69, 9.17) is 4.74 Å². The number of carbonyl (C=O) groups is 2. The molecule has 2 amide bonds. The SMILES string of the molecule is O=C1CC(c2cccc(NC(=O)c3cc(N4CCOCC4)cc(C(F)(F)F)c3)c2)=Nc2cscc2N1. The molecule has 0 bridgehead atoms. The number of alkyl halides is 3. The lowest BCUT2D eigenvalue weighted by molar-refractivity contribution is -0.137. The lowest BCUT2D eigenvalue weighted by atomic mass is 10.0. The van der Waals surface area contributed by atoms with Crippen LogP contribution in [-0.2, 0) is 15.7 Å². The zero-order valence-corrected chi connectivity index (χ0v) is 19.7. The predicted molar refractivity (Wildman–Crippen MR) is 133 cm³/mol. The number of amides is 2. The number of aliphatic imine (C=N–C) groups is 1. The molecule has 2 N–H and O–H groups in total. The third-order valence-electron chi connectivity index (χ3n) is 5.84. The maximum Gasteiger partial charge on any atom is 0.416 e. The number of halogens is 3. The predicted octanol–water partition coefficient (Wildman–Crippen LogP) is 5.32. The van der Waals surface area contributed by atoms with E-state index in [-0.39, 0.29) is 17.9 Å². The summed E-state index contributed by atoms with van der Waals surface area (Å²) >= 11 is 1.42. The lowest BCUT2D eigenvalue weighted by Crippen LogP contribution is -2.36. The second-order valence-corrected chi connectivity index (χ2v) is 9.10. The average Bonchev–Trinajstić information content (AvgIpc) is 3.22. The summed E-state index contributed by atoms with van der Waals surface area (Å²) in [6.07, 6.45) is -4.55. The highest BCUT2D eigenvalue weighted by Gasteiger charge is 2.32. The van der Waals surface area contributed by atoms with Crippen LogP contribution in [-0.4, -0.2) is 43.8 Å². The second kappa shape index (κ2) is 9.75. The van der Waals surface area contributed by atoms with Crippen LogP contribution in [0, 0.1) is 0 Å². The van der Waals surface area contributed by atoms with Crippen LogP contribution >= 0.6 is 11.3 Å². The van der Waals surface area contributed by atoms with Crippen molar-refractivity contribution in [2.24, 2.45) is 4.99 Å². The smallest absolute Gasteiger partial charge is 0.378 e. The number of benzene rings is 2. The molecule has 2 aliphatic heterocycles. The van der Waals surface area contributed by atoms with Gasteiger partial charge in [0.05, 0.1) is 42.3 Å². The van der Waals surface area contributed by atoms with E-state index in [1.54, 1.807) is 34.5 Å². The number of carbonyl (C=O) groups excluding carboxylic acids is 2. The van der Waals surface area contributed by atoms with Gasteiger partial charge in [0.25, 0.3) is 5.91 Å². The third kappa shape index (κ3) is 5.26. The highest BCUT2D eigenvalue weighted by Crippen LogP contribution is 2.34. The fourth-order valence-corrected chi connectivity index (χ4v) is 4.75. The summed E-state index contributed by atoms with van der Waals surface area (Å²) in [5, 5.41) is 9.12. The van der Waals surface area contributed by atoms with Gasteiger partial charge in [-0.2, -0.15) is 13.2 Å². The first kappa shape index (κ1) is 24.0. The van der Waals surface area contributed by atoms with Crippen LogP contribution in [0.2, 0.25) is 0 Å². The number of ether oxygens (including phenoxy) is 1. The molecular formula is C25H21F3N4O3S. The summed E-state index contributed by atoms with van der Waals surface area (Å²) < 4.78 is 46.1. The quantitative estimate of drug-likeness (QED) is 0.494. The zero-order chi connectivity index (χ0) is 25.3. The molecule has 0 aliphatic carbocycles. The van der Waals surface area contributed by atoms with Crippen molar-refractivity contribution in [3.8, 4) is 0 Å². The average molecular weight is 515 g/mol. The van der Waals surface area contributed by atoms with E-state index in [0.29, 0.717) is 60.3 Å². The first-order valence-corrected chi connectivity index (χ1v) is 12.1. The number of hydrogen-bond donors (Lipinski definition) is 2. The highest BCUT2D eigenvalue weighted by molar-refractivity contribution is 7.09. The zero-order valence-electron chi connectivity index (χ0n) is 18.9. The molecule has 2 aromatic carbocycles. The molecule has 11 heteroatoms. The number of anilines is 3. The van der Waals surface area contributed by atoms with E-state index in [2.05, 4.69) is 15.6 Å². The minimum absolute atomic E-state index is 0.0489. The number of nitrogens with zero attached hydrogens (tertiary/aromatic N) is 2. The van der Waals surface area contributed by atoms with Crippen molar-refractivity contribution >= 4 is 51.6 Å². The van der Waals surface area contributed by atoms with E-state index in [0.717, 1.165) is 12.1 Å². The Morgan fingerprint density at radius 1 is 1.11 bits per heavy atom. The van der Waals surface area contributed by atoms with Gasteiger partial charge in [0.2, 0.25) is 5.91 Å². The molecule has 1 saturated heterocycles. The standard InChI is InChI=1S/C25H21F3N4O3S/c26-25(27,28)17-8-16(10-19(11-17)32-4-6-35-7-5-32)24(34)29-18-3-1-2-15(9-18)20-12-23(33)31-22-14-36-13-21(22)30-20/h1-3,8-11,13-14H,4-7,12H2,(H,29,34)(H,31,33). The summed E-state index contributed by atoms with van der Waals surface area (Å²) in [4.78, 5) is 31.7. The maximum atomic E-state index is 13.6. The number of morpholine rings is 1. The molecule has 1 fully saturated rings. The molecule has 0 unspecified atom stereocenters. The summed E-state index contributed by atoms with van der Waals surface area (Å²) in [5.74, 6) is -0.881. The van der Waals surface area contributed by atoms with Crippen LogP contribution in [0.4, 0.5) is 35.9 Å². The molecule has 36 heavy (non-hydrogen) atoms. The first-order valence-electron chi connectivity index (χ1n) is 11.2. The highest BCUT2D eigenvalue weighted by atomic mass is 32.1. The van der Waals surface area contributed by atoms with Crippen molar-refractivity contribution in [2.45, 2.75) is 12.6 Å². The van der Waals surface area contributed by atoms with Crippen LogP contribution in [0.15, 0.2) is 58.2 Å². The molecule has 0 spiro atoms. The summed E-state index contributed by atoms with van der Waals surface area (Å²) in [5.41, 5.74) is 2.13. The second-order valence-electron chi connectivity index (χ2n) is 8.35. The van der Waals surface area contributed by atoms with Crippen LogP contribution in [0.5, 0.6) is 0 Å². The molecule has 7 nitrogen and oxygen atoms in total. The molecule has 3 aromatic rings. The van der Waals surface area contributed by atoms with Crippen molar-refractivity contribution in [2.75, 3.05) is 41.8 Å². The van der Waals surface area contributed by atoms with Crippen molar-refractivity contribution < 1.29 is 27.5 Å². The van der Waals surface area contributed by atoms with Crippen LogP contribution in [0.25, 0.3) is 0 Å². The van der Waals surface area contributed by atoms with Gasteiger partial charge in [0.1, 0.15) is 0 Å². The number of fused-ring (bicyclic) bond motifs is 1. The monoisotopic (exact) mass is 514 g/mol. The molecule has 0 atom stereocenters. The Kier molecular flexibility index (Phi) is 6.50. The molecule has 3 heterocycles.